The predicted molar refractivity (Wildman–Crippen MR) is 72.6 cm³/mol. The van der Waals surface area contributed by atoms with Gasteiger partial charge in [-0.25, -0.2) is 4.98 Å². The third-order valence-corrected chi connectivity index (χ3v) is 5.15. The number of thiazole rings is 1. The lowest BCUT2D eigenvalue weighted by Gasteiger charge is -2.03. The molecule has 1 heterocycles. The van der Waals surface area contributed by atoms with Gasteiger partial charge in [-0.2, -0.15) is 0 Å². The summed E-state index contributed by atoms with van der Waals surface area (Å²) >= 11 is 1.60. The summed E-state index contributed by atoms with van der Waals surface area (Å²) in [5.41, 5.74) is 7.40. The van der Waals surface area contributed by atoms with Crippen molar-refractivity contribution < 1.29 is 4.21 Å². The Morgan fingerprint density at radius 2 is 2.06 bits per heavy atom. The number of nitrogen functional groups attached to an aromatic ring is 1. The van der Waals surface area contributed by atoms with Crippen molar-refractivity contribution >= 4 is 27.8 Å². The van der Waals surface area contributed by atoms with Crippen LogP contribution < -0.4 is 5.73 Å². The number of hydrogen-bond acceptors (Lipinski definition) is 4. The van der Waals surface area contributed by atoms with Crippen molar-refractivity contribution in [2.75, 3.05) is 5.73 Å². The smallest absolute Gasteiger partial charge is 0.106 e. The van der Waals surface area contributed by atoms with Gasteiger partial charge in [-0.1, -0.05) is 12.1 Å². The number of benzene rings is 1. The number of anilines is 1. The second-order valence-electron chi connectivity index (χ2n) is 3.78. The highest BCUT2D eigenvalue weighted by Gasteiger charge is 2.11. The highest BCUT2D eigenvalue weighted by molar-refractivity contribution is 7.84. The second kappa shape index (κ2) is 4.98. The van der Waals surface area contributed by atoms with Gasteiger partial charge in [0.2, 0.25) is 0 Å². The van der Waals surface area contributed by atoms with Gasteiger partial charge in [-0.05, 0) is 26.0 Å². The van der Waals surface area contributed by atoms with Crippen LogP contribution in [0.5, 0.6) is 0 Å². The average Bonchev–Trinajstić information content (AvgIpc) is 2.58. The van der Waals surface area contributed by atoms with Crippen LogP contribution in [-0.4, -0.2) is 9.19 Å². The molecule has 0 fully saturated rings. The minimum Gasteiger partial charge on any atom is -0.398 e. The van der Waals surface area contributed by atoms with E-state index in [2.05, 4.69) is 4.98 Å². The van der Waals surface area contributed by atoms with Crippen LogP contribution >= 0.6 is 11.3 Å². The van der Waals surface area contributed by atoms with E-state index in [1.165, 1.54) is 4.88 Å². The summed E-state index contributed by atoms with van der Waals surface area (Å²) in [6, 6.07) is 7.26. The molecule has 1 aromatic heterocycles. The van der Waals surface area contributed by atoms with E-state index in [-0.39, 0.29) is 0 Å². The maximum atomic E-state index is 12.2. The maximum Gasteiger partial charge on any atom is 0.106 e. The number of para-hydroxylation sites is 1. The standard InChI is InChI=1S/C12H14N2OS2/c1-8-9(2)16-12(14-8)7-17(15)11-6-4-3-5-10(11)13/h3-6H,7,13H2,1-2H3. The molecule has 3 nitrogen and oxygen atoms in total. The zero-order valence-corrected chi connectivity index (χ0v) is 11.4. The molecule has 0 saturated heterocycles. The van der Waals surface area contributed by atoms with Crippen LogP contribution in [-0.2, 0) is 16.6 Å². The zero-order valence-electron chi connectivity index (χ0n) is 9.77. The van der Waals surface area contributed by atoms with Crippen LogP contribution in [0.2, 0.25) is 0 Å². The van der Waals surface area contributed by atoms with E-state index in [1.54, 1.807) is 23.5 Å². The summed E-state index contributed by atoms with van der Waals surface area (Å²) in [4.78, 5) is 6.26. The molecule has 0 amide bonds. The van der Waals surface area contributed by atoms with Gasteiger partial charge >= 0.3 is 0 Å². The lowest BCUT2D eigenvalue weighted by Crippen LogP contribution is -2.00. The van der Waals surface area contributed by atoms with Crippen molar-refractivity contribution in [3.05, 3.63) is 39.8 Å². The Labute approximate surface area is 107 Å². The first-order valence-corrected chi connectivity index (χ1v) is 7.37. The number of rotatable bonds is 3. The summed E-state index contributed by atoms with van der Waals surface area (Å²) in [5, 5.41) is 0.904. The first kappa shape index (κ1) is 12.3. The molecule has 5 heteroatoms. The molecule has 1 atom stereocenters. The van der Waals surface area contributed by atoms with Gasteiger partial charge in [0.25, 0.3) is 0 Å². The molecule has 0 saturated carbocycles. The molecule has 1 unspecified atom stereocenters. The molecular formula is C12H14N2OS2. The molecule has 2 rings (SSSR count). The fraction of sp³-hybridized carbons (Fsp3) is 0.250. The van der Waals surface area contributed by atoms with Gasteiger partial charge in [-0.3, -0.25) is 4.21 Å². The highest BCUT2D eigenvalue weighted by atomic mass is 32.2. The van der Waals surface area contributed by atoms with Crippen molar-refractivity contribution in [1.29, 1.82) is 0 Å². The quantitative estimate of drug-likeness (QED) is 0.869. The molecule has 0 aliphatic carbocycles. The minimum absolute atomic E-state index is 0.438. The van der Waals surface area contributed by atoms with Gasteiger partial charge < -0.3 is 5.73 Å². The normalized spacial score (nSPS) is 12.6. The number of nitrogens with two attached hydrogens (primary N) is 1. The molecule has 90 valence electrons. The Bertz CT molecular complexity index is 544. The van der Waals surface area contributed by atoms with E-state index in [9.17, 15) is 4.21 Å². The second-order valence-corrected chi connectivity index (χ2v) is 6.48. The summed E-state index contributed by atoms with van der Waals surface area (Å²) in [6.07, 6.45) is 0. The van der Waals surface area contributed by atoms with Crippen molar-refractivity contribution in [1.82, 2.24) is 4.98 Å². The molecule has 17 heavy (non-hydrogen) atoms. The number of aromatic nitrogens is 1. The lowest BCUT2D eigenvalue weighted by atomic mass is 10.3. The maximum absolute atomic E-state index is 12.2. The van der Waals surface area contributed by atoms with Gasteiger partial charge in [0.15, 0.2) is 0 Å². The molecule has 2 N–H and O–H groups in total. The minimum atomic E-state index is -1.12. The Balaban J connectivity index is 2.20. The Kier molecular flexibility index (Phi) is 3.59. The van der Waals surface area contributed by atoms with Gasteiger partial charge in [0, 0.05) is 10.6 Å². The molecule has 0 spiro atoms. The van der Waals surface area contributed by atoms with E-state index in [1.807, 2.05) is 26.0 Å². The molecule has 0 aliphatic heterocycles. The van der Waals surface area contributed by atoms with Crippen molar-refractivity contribution in [3.8, 4) is 0 Å². The van der Waals surface area contributed by atoms with Crippen molar-refractivity contribution in [2.24, 2.45) is 0 Å². The Hall–Kier alpha value is -1.20. The number of nitrogens with zero attached hydrogens (tertiary/aromatic N) is 1. The van der Waals surface area contributed by atoms with E-state index in [4.69, 9.17) is 5.73 Å². The summed E-state index contributed by atoms with van der Waals surface area (Å²) < 4.78 is 12.2. The van der Waals surface area contributed by atoms with Crippen LogP contribution in [0.3, 0.4) is 0 Å². The summed E-state index contributed by atoms with van der Waals surface area (Å²) in [7, 11) is -1.12. The molecule has 2 aromatic rings. The van der Waals surface area contributed by atoms with Crippen LogP contribution in [0.1, 0.15) is 15.6 Å². The van der Waals surface area contributed by atoms with E-state index < -0.39 is 10.8 Å². The Morgan fingerprint density at radius 1 is 1.35 bits per heavy atom. The van der Waals surface area contributed by atoms with E-state index >= 15 is 0 Å². The van der Waals surface area contributed by atoms with Gasteiger partial charge in [-0.15, -0.1) is 11.3 Å². The summed E-state index contributed by atoms with van der Waals surface area (Å²) in [6.45, 7) is 3.99. The largest absolute Gasteiger partial charge is 0.398 e. The lowest BCUT2D eigenvalue weighted by molar-refractivity contribution is 0.682. The number of aryl methyl sites for hydroxylation is 2. The van der Waals surface area contributed by atoms with E-state index in [0.29, 0.717) is 16.3 Å². The van der Waals surface area contributed by atoms with Gasteiger partial charge in [0.05, 0.1) is 27.1 Å². The first-order valence-electron chi connectivity index (χ1n) is 5.23. The Morgan fingerprint density at radius 3 is 2.65 bits per heavy atom. The van der Waals surface area contributed by atoms with Crippen LogP contribution in [0.25, 0.3) is 0 Å². The van der Waals surface area contributed by atoms with Gasteiger partial charge in [0.1, 0.15) is 5.01 Å². The average molecular weight is 266 g/mol. The van der Waals surface area contributed by atoms with Crippen LogP contribution in [0.15, 0.2) is 29.2 Å². The topological polar surface area (TPSA) is 56.0 Å². The third kappa shape index (κ3) is 2.73. The first-order chi connectivity index (χ1) is 8.08. The SMILES string of the molecule is Cc1nc(CS(=O)c2ccccc2N)sc1C. The molecular weight excluding hydrogens is 252 g/mol. The van der Waals surface area contributed by atoms with E-state index in [0.717, 1.165) is 10.7 Å². The number of hydrogen-bond donors (Lipinski definition) is 1. The monoisotopic (exact) mass is 266 g/mol. The highest BCUT2D eigenvalue weighted by Crippen LogP contribution is 2.22. The molecule has 0 aliphatic rings. The molecule has 0 bridgehead atoms. The van der Waals surface area contributed by atoms with Crippen molar-refractivity contribution in [3.63, 3.8) is 0 Å². The van der Waals surface area contributed by atoms with Crippen LogP contribution in [0, 0.1) is 13.8 Å². The zero-order chi connectivity index (χ0) is 12.4. The van der Waals surface area contributed by atoms with Crippen molar-refractivity contribution in [2.45, 2.75) is 24.5 Å². The summed E-state index contributed by atoms with van der Waals surface area (Å²) in [5.74, 6) is 0.438. The predicted octanol–water partition coefficient (Wildman–Crippen LogP) is 2.65. The van der Waals surface area contributed by atoms with Crippen LogP contribution in [0.4, 0.5) is 5.69 Å². The third-order valence-electron chi connectivity index (χ3n) is 2.49. The fourth-order valence-electron chi connectivity index (χ4n) is 1.48. The molecule has 0 radical (unpaired) electrons. The molecule has 1 aromatic carbocycles. The fourth-order valence-corrected chi connectivity index (χ4v) is 3.77.